The molecule has 0 aromatic carbocycles. The average molecular weight is 1390 g/mol. The summed E-state index contributed by atoms with van der Waals surface area (Å²) in [5.41, 5.74) is 8.03. The number of unbranched alkanes of at least 4 members (excludes halogenated alkanes) is 36. The molecule has 0 atom stereocenters. The fourth-order valence-corrected chi connectivity index (χ4v) is 21.6. The van der Waals surface area contributed by atoms with Crippen LogP contribution in [0, 0.1) is 0 Å². The number of thiophene rings is 4. The second-order valence-corrected chi connectivity index (χ2v) is 32.8. The Bertz CT molecular complexity index is 2690. The van der Waals surface area contributed by atoms with Gasteiger partial charge in [0.05, 0.1) is 45.4 Å². The molecule has 0 N–H and O–H groups in total. The van der Waals surface area contributed by atoms with Crippen molar-refractivity contribution < 1.29 is 28.5 Å². The zero-order valence-corrected chi connectivity index (χ0v) is 65.2. The standard InChI is InChI=1S/C84H132N2O6S4/c1-9-17-21-25-29-33-37-41-45-49-55-83(56-50-46-42-38-34-30-26-22-18-10-2)65-53-59-93-77(65)79-67(83)61-69(95-79)75-73-74(82(88)85(75)63-71(89-13-5)90-14-6)76(86(81(73)87)64-72(91-15-7)92-16-8)70-62-68-80(96-70)78-66(54-60-94-78)84(68,57-51-47-43-39-35-31-27-23-19-11-3)58-52-48-44-40-36-32-28-24-20-12-4/h53-54,59-62,71-72H,9-52,55-58,63-64H2,1-8H3. The number of fused-ring (bicyclic) bond motifs is 7. The summed E-state index contributed by atoms with van der Waals surface area (Å²) in [5.74, 6) is -0.307. The van der Waals surface area contributed by atoms with E-state index in [0.717, 1.165) is 35.4 Å². The van der Waals surface area contributed by atoms with Crippen molar-refractivity contribution in [2.75, 3.05) is 39.5 Å². The molecule has 0 saturated carbocycles. The third-order valence-electron chi connectivity index (χ3n) is 21.8. The fraction of sp³-hybridized carbons (Fsp3) is 0.738. The Morgan fingerprint density at radius 2 is 0.583 bits per heavy atom. The zero-order valence-electron chi connectivity index (χ0n) is 62.0. The van der Waals surface area contributed by atoms with Gasteiger partial charge in [-0.05, 0) is 111 Å². The van der Waals surface area contributed by atoms with Crippen molar-refractivity contribution in [1.82, 2.24) is 9.80 Å². The molecule has 0 unspecified atom stereocenters. The van der Waals surface area contributed by atoms with Crippen molar-refractivity contribution in [2.24, 2.45) is 0 Å². The minimum atomic E-state index is -0.670. The summed E-state index contributed by atoms with van der Waals surface area (Å²) >= 11 is 7.38. The smallest absolute Gasteiger partial charge is 0.261 e. The van der Waals surface area contributed by atoms with Crippen LogP contribution in [0.3, 0.4) is 0 Å². The lowest BCUT2D eigenvalue weighted by atomic mass is 9.71. The normalized spacial score (nSPS) is 15.3. The Morgan fingerprint density at radius 3 is 0.833 bits per heavy atom. The van der Waals surface area contributed by atoms with Gasteiger partial charge in [0.1, 0.15) is 0 Å². The van der Waals surface area contributed by atoms with E-state index in [2.05, 4.69) is 62.7 Å². The van der Waals surface area contributed by atoms with E-state index in [-0.39, 0.29) is 35.7 Å². The molecule has 0 bridgehead atoms. The molecule has 2 amide bonds. The van der Waals surface area contributed by atoms with E-state index in [1.807, 2.05) is 82.8 Å². The van der Waals surface area contributed by atoms with E-state index >= 15 is 9.59 Å². The SMILES string of the molecule is CCCCCCCCCCCCC1(CCCCCCCCCCCC)c2ccsc2-c2sc(C3=C4C(=O)N(CC(OCC)OCC)C(c5cc6c(s5)-c5sccc5C6(CCCCCCCCCCCC)CCCCCCCCCCCC)=C4C(=O)N3CC(OCC)OCC)cc21. The molecule has 4 aromatic rings. The van der Waals surface area contributed by atoms with E-state index in [4.69, 9.17) is 18.9 Å². The van der Waals surface area contributed by atoms with Crippen molar-refractivity contribution in [3.05, 3.63) is 78.2 Å². The van der Waals surface area contributed by atoms with Crippen LogP contribution in [0.1, 0.15) is 370 Å². The monoisotopic (exact) mass is 1390 g/mol. The minimum absolute atomic E-state index is 0.123. The predicted octanol–water partition coefficient (Wildman–Crippen LogP) is 26.3. The first-order chi connectivity index (χ1) is 47.2. The van der Waals surface area contributed by atoms with Gasteiger partial charge >= 0.3 is 0 Å². The Kier molecular flexibility index (Phi) is 35.4. The number of amides is 2. The molecule has 0 saturated heterocycles. The first-order valence-electron chi connectivity index (χ1n) is 40.3. The summed E-state index contributed by atoms with van der Waals surface area (Å²) in [4.78, 5) is 44.0. The van der Waals surface area contributed by atoms with E-state index in [1.165, 1.54) is 299 Å². The van der Waals surface area contributed by atoms with E-state index in [1.54, 1.807) is 0 Å². The largest absolute Gasteiger partial charge is 0.351 e. The van der Waals surface area contributed by atoms with Crippen molar-refractivity contribution in [1.29, 1.82) is 0 Å². The first kappa shape index (κ1) is 78.8. The molecule has 538 valence electrons. The second-order valence-electron chi connectivity index (χ2n) is 28.9. The van der Waals surface area contributed by atoms with Gasteiger partial charge in [0.15, 0.2) is 12.6 Å². The maximum absolute atomic E-state index is 16.4. The number of nitrogens with zero attached hydrogens (tertiary/aromatic N) is 2. The topological polar surface area (TPSA) is 77.5 Å². The Balaban J connectivity index is 1.20. The highest BCUT2D eigenvalue weighted by atomic mass is 32.1. The summed E-state index contributed by atoms with van der Waals surface area (Å²) in [7, 11) is 0. The van der Waals surface area contributed by atoms with Gasteiger partial charge in [-0.1, -0.05) is 285 Å². The Hall–Kier alpha value is -2.94. The number of carbonyl (C=O) groups is 2. The molecule has 0 radical (unpaired) electrons. The van der Waals surface area contributed by atoms with E-state index in [9.17, 15) is 0 Å². The lowest BCUT2D eigenvalue weighted by molar-refractivity contribution is -0.151. The lowest BCUT2D eigenvalue weighted by Gasteiger charge is -2.32. The van der Waals surface area contributed by atoms with Crippen molar-refractivity contribution >= 4 is 68.6 Å². The number of hydrogen-bond acceptors (Lipinski definition) is 10. The number of carbonyl (C=O) groups excluding carboxylic acids is 2. The third kappa shape index (κ3) is 20.7. The summed E-state index contributed by atoms with van der Waals surface area (Å²) in [6.45, 7) is 19.3. The quantitative estimate of drug-likeness (QED) is 0.0324. The van der Waals surface area contributed by atoms with Crippen LogP contribution in [0.4, 0.5) is 0 Å². The van der Waals surface area contributed by atoms with Crippen LogP contribution in [-0.4, -0.2) is 73.7 Å². The molecule has 4 aliphatic rings. The molecule has 0 spiro atoms. The number of hydrogen-bond donors (Lipinski definition) is 0. The van der Waals surface area contributed by atoms with Gasteiger partial charge in [0.2, 0.25) is 0 Å². The van der Waals surface area contributed by atoms with Gasteiger partial charge in [0, 0.05) is 56.8 Å². The highest BCUT2D eigenvalue weighted by Gasteiger charge is 2.54. The Labute approximate surface area is 601 Å². The highest BCUT2D eigenvalue weighted by Crippen LogP contribution is 2.63. The van der Waals surface area contributed by atoms with Crippen LogP contribution >= 0.6 is 45.3 Å². The van der Waals surface area contributed by atoms with Gasteiger partial charge in [-0.3, -0.25) is 9.59 Å². The van der Waals surface area contributed by atoms with Gasteiger partial charge in [-0.15, -0.1) is 45.3 Å². The fourth-order valence-electron chi connectivity index (χ4n) is 16.7. The highest BCUT2D eigenvalue weighted by molar-refractivity contribution is 7.23. The van der Waals surface area contributed by atoms with Crippen molar-refractivity contribution in [3.8, 4) is 19.5 Å². The van der Waals surface area contributed by atoms with Crippen LogP contribution in [-0.2, 0) is 39.4 Å². The molecule has 6 heterocycles. The van der Waals surface area contributed by atoms with E-state index in [0.29, 0.717) is 49.0 Å². The van der Waals surface area contributed by atoms with Crippen LogP contribution in [0.2, 0.25) is 0 Å². The molecule has 8 rings (SSSR count). The molecule has 12 heteroatoms. The van der Waals surface area contributed by atoms with E-state index < -0.39 is 12.6 Å². The predicted molar refractivity (Wildman–Crippen MR) is 414 cm³/mol. The van der Waals surface area contributed by atoms with Gasteiger partial charge in [-0.25, -0.2) is 0 Å². The third-order valence-corrected chi connectivity index (χ3v) is 26.3. The molecule has 4 aromatic heterocycles. The molecule has 2 aliphatic carbocycles. The second kappa shape index (κ2) is 43.1. The molecule has 8 nitrogen and oxygen atoms in total. The lowest BCUT2D eigenvalue weighted by Crippen LogP contribution is -2.39. The molecule has 0 fully saturated rings. The summed E-state index contributed by atoms with van der Waals surface area (Å²) in [6.07, 6.45) is 55.7. The van der Waals surface area contributed by atoms with Gasteiger partial charge < -0.3 is 28.7 Å². The Morgan fingerprint density at radius 1 is 0.333 bits per heavy atom. The molecular weight excluding hydrogens is 1260 g/mol. The van der Waals surface area contributed by atoms with Crippen LogP contribution in [0.15, 0.2) is 46.2 Å². The average Bonchev–Trinajstić information content (AvgIpc) is 1.54. The van der Waals surface area contributed by atoms with Gasteiger partial charge in [-0.2, -0.15) is 0 Å². The summed E-state index contributed by atoms with van der Waals surface area (Å²) in [5, 5.41) is 4.67. The first-order valence-corrected chi connectivity index (χ1v) is 43.7. The molecule has 2 aliphatic heterocycles. The van der Waals surface area contributed by atoms with Crippen LogP contribution in [0.5, 0.6) is 0 Å². The number of ether oxygens (including phenoxy) is 4. The molecule has 96 heavy (non-hydrogen) atoms. The summed E-state index contributed by atoms with van der Waals surface area (Å²) in [6, 6.07) is 9.85. The summed E-state index contributed by atoms with van der Waals surface area (Å²) < 4.78 is 25.5. The van der Waals surface area contributed by atoms with Gasteiger partial charge in [0.25, 0.3) is 11.8 Å². The maximum Gasteiger partial charge on any atom is 0.261 e. The minimum Gasteiger partial charge on any atom is -0.351 e. The van der Waals surface area contributed by atoms with Crippen LogP contribution < -0.4 is 0 Å². The molecular formula is C84H132N2O6S4. The van der Waals surface area contributed by atoms with Crippen molar-refractivity contribution in [3.63, 3.8) is 0 Å². The van der Waals surface area contributed by atoms with Crippen molar-refractivity contribution in [2.45, 2.75) is 361 Å². The number of rotatable bonds is 58. The van der Waals surface area contributed by atoms with Crippen LogP contribution in [0.25, 0.3) is 30.9 Å². The maximum atomic E-state index is 16.4. The zero-order chi connectivity index (χ0) is 67.8.